The van der Waals surface area contributed by atoms with Crippen molar-refractivity contribution in [2.24, 2.45) is 0 Å². The molecule has 0 aliphatic rings. The molecule has 1 amide bonds. The molecule has 0 saturated carbocycles. The zero-order valence-electron chi connectivity index (χ0n) is 23.9. The molecule has 2 aromatic carbocycles. The predicted molar refractivity (Wildman–Crippen MR) is 154 cm³/mol. The topological polar surface area (TPSA) is 119 Å². The van der Waals surface area contributed by atoms with Gasteiger partial charge in [0.05, 0.1) is 42.8 Å². The Morgan fingerprint density at radius 1 is 0.894 bits per heavy atom. The lowest BCUT2D eigenvalue weighted by molar-refractivity contribution is -0.274. The Hall–Kier alpha value is -5.45. The Bertz CT molecular complexity index is 1920. The highest BCUT2D eigenvalue weighted by atomic mass is 35.5. The van der Waals surface area contributed by atoms with Crippen LogP contribution in [-0.4, -0.2) is 59.0 Å². The molecule has 0 radical (unpaired) electrons. The number of carbonyl (C=O) groups is 1. The van der Waals surface area contributed by atoms with Crippen molar-refractivity contribution in [2.75, 3.05) is 26.1 Å². The lowest BCUT2D eigenvalue weighted by Crippen LogP contribution is -2.21. The smallest absolute Gasteiger partial charge is 0.493 e. The zero-order valence-corrected chi connectivity index (χ0v) is 24.7. The van der Waals surface area contributed by atoms with Crippen LogP contribution in [0.4, 0.5) is 32.2 Å². The minimum absolute atomic E-state index is 0.0312. The van der Waals surface area contributed by atoms with Crippen molar-refractivity contribution in [3.8, 4) is 40.2 Å². The third-order valence-corrected chi connectivity index (χ3v) is 6.40. The summed E-state index contributed by atoms with van der Waals surface area (Å²) in [6.45, 7) is -1.77. The van der Waals surface area contributed by atoms with Crippen molar-refractivity contribution < 1.29 is 54.8 Å². The number of aromatic nitrogens is 4. The molecule has 47 heavy (non-hydrogen) atoms. The third kappa shape index (κ3) is 8.04. The van der Waals surface area contributed by atoms with Gasteiger partial charge in [0.25, 0.3) is 5.91 Å². The van der Waals surface area contributed by atoms with Crippen LogP contribution in [0.25, 0.3) is 16.6 Å². The van der Waals surface area contributed by atoms with Crippen LogP contribution in [-0.2, 0) is 0 Å². The van der Waals surface area contributed by atoms with E-state index in [-0.39, 0.29) is 22.3 Å². The highest BCUT2D eigenvalue weighted by molar-refractivity contribution is 6.32. The molecule has 0 fully saturated rings. The van der Waals surface area contributed by atoms with E-state index in [4.69, 9.17) is 30.5 Å². The summed E-state index contributed by atoms with van der Waals surface area (Å²) < 4.78 is 103. The van der Waals surface area contributed by atoms with Crippen LogP contribution in [0, 0.1) is 0 Å². The maximum atomic E-state index is 13.1. The lowest BCUT2D eigenvalue weighted by atomic mass is 10.2. The fourth-order valence-electron chi connectivity index (χ4n) is 4.13. The summed E-state index contributed by atoms with van der Waals surface area (Å²) in [4.78, 5) is 21.5. The van der Waals surface area contributed by atoms with Crippen molar-refractivity contribution in [1.82, 2.24) is 19.7 Å². The molecule has 5 rings (SSSR count). The van der Waals surface area contributed by atoms with E-state index >= 15 is 0 Å². The number of hydrogen-bond donors (Lipinski definition) is 1. The van der Waals surface area contributed by atoms with Gasteiger partial charge in [-0.05, 0) is 36.4 Å². The summed E-state index contributed by atoms with van der Waals surface area (Å²) in [7, 11) is 2.98. The molecule has 0 bridgehead atoms. The summed E-state index contributed by atoms with van der Waals surface area (Å²) >= 11 is 6.08. The van der Waals surface area contributed by atoms with Crippen molar-refractivity contribution in [3.63, 3.8) is 0 Å². The quantitative estimate of drug-likeness (QED) is 0.151. The van der Waals surface area contributed by atoms with Gasteiger partial charge in [0.15, 0.2) is 29.5 Å². The number of alkyl halides is 6. The van der Waals surface area contributed by atoms with Gasteiger partial charge < -0.3 is 29.0 Å². The summed E-state index contributed by atoms with van der Waals surface area (Å²) in [5.74, 6) is -0.708. The average molecular weight is 684 g/mol. The second kappa shape index (κ2) is 13.1. The van der Waals surface area contributed by atoms with E-state index in [9.17, 15) is 31.1 Å². The number of halogens is 7. The number of pyridine rings is 2. The van der Waals surface area contributed by atoms with Crippen LogP contribution in [0.15, 0.2) is 67.1 Å². The average Bonchev–Trinajstić information content (AvgIpc) is 3.43. The SMILES string of the molecule is COc1cc2nccc(Oc3ccc(NC(=O)c4nn(-c5ccc(OC(F)(F)F)cc5Cl)cc4OCC(F)(F)F)nc3)c2cc1OC. The van der Waals surface area contributed by atoms with Crippen LogP contribution in [0.1, 0.15) is 10.5 Å². The van der Waals surface area contributed by atoms with Gasteiger partial charge in [0, 0.05) is 23.7 Å². The Morgan fingerprint density at radius 2 is 1.62 bits per heavy atom. The largest absolute Gasteiger partial charge is 0.573 e. The monoisotopic (exact) mass is 683 g/mol. The Kier molecular flexibility index (Phi) is 9.19. The predicted octanol–water partition coefficient (Wildman–Crippen LogP) is 7.37. The molecule has 0 atom stereocenters. The molecule has 11 nitrogen and oxygen atoms in total. The van der Waals surface area contributed by atoms with E-state index in [1.807, 2.05) is 0 Å². The Balaban J connectivity index is 1.36. The molecular formula is C29H20ClF6N5O6. The number of hydrogen-bond acceptors (Lipinski definition) is 9. The molecule has 3 aromatic heterocycles. The third-order valence-electron chi connectivity index (χ3n) is 6.10. The number of rotatable bonds is 10. The number of anilines is 1. The van der Waals surface area contributed by atoms with E-state index < -0.39 is 42.2 Å². The summed E-state index contributed by atoms with van der Waals surface area (Å²) in [5, 5.41) is 6.64. The van der Waals surface area contributed by atoms with Gasteiger partial charge in [-0.15, -0.1) is 13.2 Å². The van der Waals surface area contributed by atoms with E-state index in [0.29, 0.717) is 28.2 Å². The number of ether oxygens (including phenoxy) is 5. The first kappa shape index (κ1) is 32.9. The molecule has 18 heteroatoms. The van der Waals surface area contributed by atoms with Crippen LogP contribution in [0.3, 0.4) is 0 Å². The lowest BCUT2D eigenvalue weighted by Gasteiger charge is -2.12. The maximum absolute atomic E-state index is 13.1. The zero-order chi connectivity index (χ0) is 33.9. The van der Waals surface area contributed by atoms with Crippen LogP contribution >= 0.6 is 11.6 Å². The number of nitrogens with zero attached hydrogens (tertiary/aromatic N) is 4. The van der Waals surface area contributed by atoms with Crippen molar-refractivity contribution in [1.29, 1.82) is 0 Å². The van der Waals surface area contributed by atoms with Crippen molar-refractivity contribution in [2.45, 2.75) is 12.5 Å². The first-order valence-corrected chi connectivity index (χ1v) is 13.4. The van der Waals surface area contributed by atoms with Crippen molar-refractivity contribution in [3.05, 3.63) is 77.8 Å². The van der Waals surface area contributed by atoms with Gasteiger partial charge in [0.2, 0.25) is 0 Å². The van der Waals surface area contributed by atoms with Gasteiger partial charge >= 0.3 is 12.5 Å². The van der Waals surface area contributed by atoms with Gasteiger partial charge in [-0.2, -0.15) is 18.3 Å². The maximum Gasteiger partial charge on any atom is 0.573 e. The second-order valence-electron chi connectivity index (χ2n) is 9.32. The van der Waals surface area contributed by atoms with E-state index in [1.54, 1.807) is 18.2 Å². The molecule has 0 aliphatic heterocycles. The Labute approximate surface area is 265 Å². The summed E-state index contributed by atoms with van der Waals surface area (Å²) in [5.41, 5.74) is -0.126. The van der Waals surface area contributed by atoms with Crippen LogP contribution in [0.5, 0.6) is 34.5 Å². The number of benzene rings is 2. The van der Waals surface area contributed by atoms with Gasteiger partial charge in [-0.1, -0.05) is 11.6 Å². The molecule has 0 spiro atoms. The number of carbonyl (C=O) groups excluding carboxylic acids is 1. The van der Waals surface area contributed by atoms with Crippen molar-refractivity contribution >= 4 is 34.2 Å². The standard InChI is InChI=1S/C29H20ClF6N5O6/c1-43-22-10-17-19(11-23(22)44-2)37-8-7-21(17)46-16-4-6-25(38-12-16)39-27(42)26-24(45-14-28(31,32)33)13-41(40-26)20-5-3-15(9-18(20)30)47-29(34,35)36/h3-13H,14H2,1-2H3,(H,38,39,42). The molecule has 0 aliphatic carbocycles. The molecule has 3 heterocycles. The molecule has 1 N–H and O–H groups in total. The normalized spacial score (nSPS) is 11.7. The molecule has 0 unspecified atom stereocenters. The fraction of sp³-hybridized carbons (Fsp3) is 0.172. The Morgan fingerprint density at radius 3 is 2.26 bits per heavy atom. The number of methoxy groups -OCH3 is 2. The first-order valence-electron chi connectivity index (χ1n) is 13.0. The van der Waals surface area contributed by atoms with Gasteiger partial charge in [0.1, 0.15) is 23.1 Å². The molecule has 5 aromatic rings. The van der Waals surface area contributed by atoms with E-state index in [1.165, 1.54) is 38.7 Å². The molecule has 246 valence electrons. The van der Waals surface area contributed by atoms with E-state index in [0.717, 1.165) is 29.1 Å². The highest BCUT2D eigenvalue weighted by Gasteiger charge is 2.32. The molecular weight excluding hydrogens is 664 g/mol. The minimum Gasteiger partial charge on any atom is -0.493 e. The van der Waals surface area contributed by atoms with Gasteiger partial charge in [-0.25, -0.2) is 9.67 Å². The van der Waals surface area contributed by atoms with Crippen LogP contribution < -0.4 is 29.0 Å². The minimum atomic E-state index is -4.99. The van der Waals surface area contributed by atoms with Gasteiger partial charge in [-0.3, -0.25) is 9.78 Å². The fourth-order valence-corrected chi connectivity index (χ4v) is 4.39. The summed E-state index contributed by atoms with van der Waals surface area (Å²) in [6, 6.07) is 10.6. The van der Waals surface area contributed by atoms with Crippen LogP contribution in [0.2, 0.25) is 5.02 Å². The number of amides is 1. The van der Waals surface area contributed by atoms with E-state index in [2.05, 4.69) is 25.1 Å². The second-order valence-corrected chi connectivity index (χ2v) is 9.73. The summed E-state index contributed by atoms with van der Waals surface area (Å²) in [6.07, 6.45) is -6.03. The molecule has 0 saturated heterocycles. The number of fused-ring (bicyclic) bond motifs is 1. The highest BCUT2D eigenvalue weighted by Crippen LogP contribution is 2.37. The first-order chi connectivity index (χ1) is 22.2. The number of nitrogens with one attached hydrogen (secondary N) is 1.